The van der Waals surface area contributed by atoms with Crippen molar-refractivity contribution in [3.8, 4) is 0 Å². The van der Waals surface area contributed by atoms with Gasteiger partial charge in [-0.05, 0) is 18.6 Å². The normalized spacial score (nSPS) is 10.8. The molecular formula is C13H17N3O2. The lowest BCUT2D eigenvalue weighted by molar-refractivity contribution is -0.121. The fourth-order valence-electron chi connectivity index (χ4n) is 1.92. The maximum Gasteiger partial charge on any atom is 0.239 e. The molecule has 5 nitrogen and oxygen atoms in total. The van der Waals surface area contributed by atoms with Crippen LogP contribution < -0.4 is 5.32 Å². The number of carbonyl (C=O) groups is 1. The lowest BCUT2D eigenvalue weighted by Crippen LogP contribution is -2.27. The Labute approximate surface area is 105 Å². The van der Waals surface area contributed by atoms with Gasteiger partial charge in [0.05, 0.1) is 6.61 Å². The zero-order valence-corrected chi connectivity index (χ0v) is 10.4. The van der Waals surface area contributed by atoms with Crippen LogP contribution in [0.1, 0.15) is 18.9 Å². The summed E-state index contributed by atoms with van der Waals surface area (Å²) >= 11 is 0. The van der Waals surface area contributed by atoms with Crippen LogP contribution in [0.25, 0.3) is 11.0 Å². The maximum absolute atomic E-state index is 11.7. The molecule has 0 unspecified atom stereocenters. The number of fused-ring (bicyclic) bond motifs is 1. The average Bonchev–Trinajstić information content (AvgIpc) is 2.75. The molecule has 0 saturated heterocycles. The van der Waals surface area contributed by atoms with Gasteiger partial charge < -0.3 is 15.0 Å². The van der Waals surface area contributed by atoms with Crippen molar-refractivity contribution in [1.82, 2.24) is 14.9 Å². The van der Waals surface area contributed by atoms with Crippen LogP contribution in [0.4, 0.5) is 0 Å². The highest BCUT2D eigenvalue weighted by molar-refractivity contribution is 5.83. The Balaban J connectivity index is 2.25. The van der Waals surface area contributed by atoms with E-state index >= 15 is 0 Å². The Hall–Kier alpha value is -1.88. The molecule has 0 aliphatic heterocycles. The van der Waals surface area contributed by atoms with Crippen molar-refractivity contribution in [2.75, 3.05) is 6.54 Å². The van der Waals surface area contributed by atoms with E-state index in [4.69, 9.17) is 0 Å². The number of nitrogens with one attached hydrogen (secondary N) is 1. The molecule has 0 aromatic carbocycles. The number of amides is 1. The van der Waals surface area contributed by atoms with Crippen molar-refractivity contribution in [2.24, 2.45) is 0 Å². The molecule has 2 heterocycles. The van der Waals surface area contributed by atoms with Crippen LogP contribution in [-0.2, 0) is 17.9 Å². The molecule has 18 heavy (non-hydrogen) atoms. The Bertz CT molecular complexity index is 548. The quantitative estimate of drug-likeness (QED) is 0.830. The average molecular weight is 247 g/mol. The van der Waals surface area contributed by atoms with Gasteiger partial charge in [0.1, 0.15) is 12.2 Å². The first-order chi connectivity index (χ1) is 8.76. The fourth-order valence-corrected chi connectivity index (χ4v) is 1.92. The van der Waals surface area contributed by atoms with Crippen LogP contribution in [0.3, 0.4) is 0 Å². The van der Waals surface area contributed by atoms with Crippen molar-refractivity contribution >= 4 is 16.9 Å². The second kappa shape index (κ2) is 5.64. The number of nitrogens with zero attached hydrogens (tertiary/aromatic N) is 2. The van der Waals surface area contributed by atoms with Crippen LogP contribution in [-0.4, -0.2) is 27.1 Å². The number of rotatable bonds is 5. The molecule has 0 aliphatic carbocycles. The van der Waals surface area contributed by atoms with Crippen molar-refractivity contribution < 1.29 is 9.90 Å². The summed E-state index contributed by atoms with van der Waals surface area (Å²) in [7, 11) is 0. The van der Waals surface area contributed by atoms with Gasteiger partial charge in [-0.15, -0.1) is 0 Å². The molecule has 2 N–H and O–H groups in total. The lowest BCUT2D eigenvalue weighted by atomic mass is 10.2. The standard InChI is InChI=1S/C13H17N3O2/c1-2-5-14-12(18)8-16-7-10(9-17)11-4-3-6-15-13(11)16/h3-4,6-7,17H,2,5,8-9H2,1H3,(H,14,18). The van der Waals surface area contributed by atoms with Gasteiger partial charge in [0.15, 0.2) is 0 Å². The SMILES string of the molecule is CCCNC(=O)Cn1cc(CO)c2cccnc21. The first-order valence-corrected chi connectivity index (χ1v) is 6.06. The van der Waals surface area contributed by atoms with Crippen LogP contribution in [0.5, 0.6) is 0 Å². The van der Waals surface area contributed by atoms with Crippen molar-refractivity contribution in [1.29, 1.82) is 0 Å². The van der Waals surface area contributed by atoms with Crippen molar-refractivity contribution in [2.45, 2.75) is 26.5 Å². The van der Waals surface area contributed by atoms with Gasteiger partial charge >= 0.3 is 0 Å². The molecule has 0 atom stereocenters. The first-order valence-electron chi connectivity index (χ1n) is 6.06. The van der Waals surface area contributed by atoms with E-state index in [9.17, 15) is 9.90 Å². The minimum absolute atomic E-state index is 0.0381. The summed E-state index contributed by atoms with van der Waals surface area (Å²) in [4.78, 5) is 15.9. The van der Waals surface area contributed by atoms with E-state index in [1.54, 1.807) is 17.0 Å². The molecule has 2 aromatic heterocycles. The summed E-state index contributed by atoms with van der Waals surface area (Å²) in [6, 6.07) is 3.72. The molecule has 96 valence electrons. The van der Waals surface area contributed by atoms with Crippen LogP contribution in [0.2, 0.25) is 0 Å². The summed E-state index contributed by atoms with van der Waals surface area (Å²) in [5.41, 5.74) is 1.52. The molecule has 0 bridgehead atoms. The summed E-state index contributed by atoms with van der Waals surface area (Å²) < 4.78 is 1.77. The van der Waals surface area contributed by atoms with E-state index in [-0.39, 0.29) is 19.1 Å². The van der Waals surface area contributed by atoms with E-state index in [1.807, 2.05) is 19.1 Å². The van der Waals surface area contributed by atoms with E-state index in [0.717, 1.165) is 23.0 Å². The molecule has 0 spiro atoms. The topological polar surface area (TPSA) is 67.2 Å². The van der Waals surface area contributed by atoms with Crippen LogP contribution >= 0.6 is 0 Å². The second-order valence-electron chi connectivity index (χ2n) is 4.16. The Morgan fingerprint density at radius 3 is 3.11 bits per heavy atom. The van der Waals surface area contributed by atoms with Crippen LogP contribution in [0, 0.1) is 0 Å². The molecule has 1 amide bonds. The zero-order chi connectivity index (χ0) is 13.0. The van der Waals surface area contributed by atoms with Gasteiger partial charge in [-0.2, -0.15) is 0 Å². The lowest BCUT2D eigenvalue weighted by Gasteiger charge is -2.05. The predicted molar refractivity (Wildman–Crippen MR) is 69.0 cm³/mol. The van der Waals surface area contributed by atoms with Gasteiger partial charge in [-0.1, -0.05) is 6.92 Å². The van der Waals surface area contributed by atoms with E-state index in [2.05, 4.69) is 10.3 Å². The third kappa shape index (κ3) is 2.51. The molecular weight excluding hydrogens is 230 g/mol. The molecule has 5 heteroatoms. The largest absolute Gasteiger partial charge is 0.392 e. The fraction of sp³-hybridized carbons (Fsp3) is 0.385. The summed E-state index contributed by atoms with van der Waals surface area (Å²) in [5.74, 6) is -0.0381. The number of aliphatic hydroxyl groups excluding tert-OH is 1. The van der Waals surface area contributed by atoms with Gasteiger partial charge in [0, 0.05) is 29.9 Å². The van der Waals surface area contributed by atoms with E-state index in [1.165, 1.54) is 0 Å². The summed E-state index contributed by atoms with van der Waals surface area (Å²) in [6.07, 6.45) is 4.38. The smallest absolute Gasteiger partial charge is 0.239 e. The summed E-state index contributed by atoms with van der Waals surface area (Å²) in [5, 5.41) is 13.0. The highest BCUT2D eigenvalue weighted by Crippen LogP contribution is 2.18. The Kier molecular flexibility index (Phi) is 3.94. The van der Waals surface area contributed by atoms with E-state index in [0.29, 0.717) is 6.54 Å². The number of hydrogen-bond donors (Lipinski definition) is 2. The first kappa shape index (κ1) is 12.6. The minimum atomic E-state index is -0.0498. The third-order valence-corrected chi connectivity index (χ3v) is 2.77. The van der Waals surface area contributed by atoms with E-state index < -0.39 is 0 Å². The molecule has 0 aliphatic rings. The third-order valence-electron chi connectivity index (χ3n) is 2.77. The number of aromatic nitrogens is 2. The predicted octanol–water partition coefficient (Wildman–Crippen LogP) is 1.05. The monoisotopic (exact) mass is 247 g/mol. The molecule has 0 fully saturated rings. The second-order valence-corrected chi connectivity index (χ2v) is 4.16. The van der Waals surface area contributed by atoms with Gasteiger partial charge in [-0.25, -0.2) is 4.98 Å². The van der Waals surface area contributed by atoms with Gasteiger partial charge in [-0.3, -0.25) is 4.79 Å². The number of aliphatic hydroxyl groups is 1. The number of pyridine rings is 1. The Morgan fingerprint density at radius 2 is 2.39 bits per heavy atom. The molecule has 2 aromatic rings. The Morgan fingerprint density at radius 1 is 1.56 bits per heavy atom. The van der Waals surface area contributed by atoms with Crippen molar-refractivity contribution in [3.05, 3.63) is 30.1 Å². The maximum atomic E-state index is 11.7. The molecule has 2 rings (SSSR count). The minimum Gasteiger partial charge on any atom is -0.392 e. The molecule has 0 radical (unpaired) electrons. The number of hydrogen-bond acceptors (Lipinski definition) is 3. The van der Waals surface area contributed by atoms with Crippen molar-refractivity contribution in [3.63, 3.8) is 0 Å². The zero-order valence-electron chi connectivity index (χ0n) is 10.4. The summed E-state index contributed by atoms with van der Waals surface area (Å²) in [6.45, 7) is 2.87. The van der Waals surface area contributed by atoms with Gasteiger partial charge in [0.2, 0.25) is 5.91 Å². The van der Waals surface area contributed by atoms with Gasteiger partial charge in [0.25, 0.3) is 0 Å². The highest BCUT2D eigenvalue weighted by atomic mass is 16.3. The molecule has 0 saturated carbocycles. The highest BCUT2D eigenvalue weighted by Gasteiger charge is 2.10. The van der Waals surface area contributed by atoms with Crippen LogP contribution in [0.15, 0.2) is 24.5 Å². The number of carbonyl (C=O) groups excluding carboxylic acids is 1.